The van der Waals surface area contributed by atoms with Crippen molar-refractivity contribution in [1.82, 2.24) is 4.37 Å². The molecule has 0 unspecified atom stereocenters. The standard InChI is InChI=1S/C8H9N3S2/c9-7-6(11-13-8(7)10)4-5-2-1-3-12-5/h1-3H,4,9-10H2. The number of thiophene rings is 1. The summed E-state index contributed by atoms with van der Waals surface area (Å²) < 4.78 is 4.19. The van der Waals surface area contributed by atoms with Gasteiger partial charge in [0.1, 0.15) is 5.00 Å². The van der Waals surface area contributed by atoms with Crippen LogP contribution < -0.4 is 11.5 Å². The molecule has 0 radical (unpaired) electrons. The molecule has 0 aliphatic heterocycles. The molecule has 0 saturated heterocycles. The normalized spacial score (nSPS) is 10.5. The Morgan fingerprint density at radius 2 is 2.23 bits per heavy atom. The summed E-state index contributed by atoms with van der Waals surface area (Å²) >= 11 is 2.96. The van der Waals surface area contributed by atoms with Crippen LogP contribution in [0.25, 0.3) is 0 Å². The van der Waals surface area contributed by atoms with Crippen molar-refractivity contribution in [3.05, 3.63) is 28.1 Å². The van der Waals surface area contributed by atoms with Gasteiger partial charge in [0.05, 0.1) is 11.4 Å². The fraction of sp³-hybridized carbons (Fsp3) is 0.125. The molecule has 2 aromatic rings. The second kappa shape index (κ2) is 3.35. The van der Waals surface area contributed by atoms with Crippen molar-refractivity contribution >= 4 is 33.6 Å². The number of nitrogens with zero attached hydrogens (tertiary/aromatic N) is 1. The fourth-order valence-electron chi connectivity index (χ4n) is 1.05. The molecule has 68 valence electrons. The summed E-state index contributed by atoms with van der Waals surface area (Å²) in [5.41, 5.74) is 12.9. The zero-order valence-electron chi connectivity index (χ0n) is 6.86. The number of aromatic nitrogens is 1. The summed E-state index contributed by atoms with van der Waals surface area (Å²) in [5, 5.41) is 2.66. The van der Waals surface area contributed by atoms with Crippen LogP contribution in [0.1, 0.15) is 10.6 Å². The maximum atomic E-state index is 5.75. The first-order valence-electron chi connectivity index (χ1n) is 3.79. The third kappa shape index (κ3) is 1.66. The molecule has 2 aromatic heterocycles. The van der Waals surface area contributed by atoms with Crippen LogP contribution in [0.5, 0.6) is 0 Å². The molecule has 2 rings (SSSR count). The van der Waals surface area contributed by atoms with E-state index in [1.807, 2.05) is 11.4 Å². The van der Waals surface area contributed by atoms with E-state index in [1.165, 1.54) is 16.4 Å². The lowest BCUT2D eigenvalue weighted by Crippen LogP contribution is -1.94. The molecule has 0 spiro atoms. The molecule has 4 N–H and O–H groups in total. The third-order valence-electron chi connectivity index (χ3n) is 1.75. The van der Waals surface area contributed by atoms with Gasteiger partial charge in [0.2, 0.25) is 0 Å². The van der Waals surface area contributed by atoms with Crippen LogP contribution in [0.2, 0.25) is 0 Å². The van der Waals surface area contributed by atoms with E-state index in [4.69, 9.17) is 11.5 Å². The first-order chi connectivity index (χ1) is 6.27. The number of nitrogens with two attached hydrogens (primary N) is 2. The Morgan fingerprint density at radius 3 is 2.77 bits per heavy atom. The minimum Gasteiger partial charge on any atom is -0.395 e. The highest BCUT2D eigenvalue weighted by molar-refractivity contribution is 7.11. The first kappa shape index (κ1) is 8.52. The van der Waals surface area contributed by atoms with Gasteiger partial charge in [-0.25, -0.2) is 0 Å². The molecular weight excluding hydrogens is 202 g/mol. The Bertz CT molecular complexity index is 391. The summed E-state index contributed by atoms with van der Waals surface area (Å²) in [6, 6.07) is 4.09. The van der Waals surface area contributed by atoms with Crippen LogP contribution in [-0.2, 0) is 6.42 Å². The Morgan fingerprint density at radius 1 is 1.38 bits per heavy atom. The molecule has 2 heterocycles. The number of rotatable bonds is 2. The van der Waals surface area contributed by atoms with Crippen molar-refractivity contribution < 1.29 is 0 Å². The van der Waals surface area contributed by atoms with Gasteiger partial charge in [0, 0.05) is 11.3 Å². The van der Waals surface area contributed by atoms with Crippen LogP contribution >= 0.6 is 22.9 Å². The molecular formula is C8H9N3S2. The Kier molecular flexibility index (Phi) is 2.20. The smallest absolute Gasteiger partial charge is 0.130 e. The van der Waals surface area contributed by atoms with E-state index in [2.05, 4.69) is 10.4 Å². The van der Waals surface area contributed by atoms with Gasteiger partial charge in [-0.1, -0.05) is 6.07 Å². The maximum Gasteiger partial charge on any atom is 0.130 e. The molecule has 0 aliphatic carbocycles. The molecule has 0 fully saturated rings. The molecule has 5 heteroatoms. The van der Waals surface area contributed by atoms with E-state index in [1.54, 1.807) is 11.3 Å². The topological polar surface area (TPSA) is 64.9 Å². The minimum absolute atomic E-state index is 0.617. The summed E-state index contributed by atoms with van der Waals surface area (Å²) in [6.45, 7) is 0. The van der Waals surface area contributed by atoms with Gasteiger partial charge < -0.3 is 11.5 Å². The average Bonchev–Trinajstić information content (AvgIpc) is 2.71. The van der Waals surface area contributed by atoms with Gasteiger partial charge >= 0.3 is 0 Å². The number of anilines is 2. The molecule has 0 saturated carbocycles. The van der Waals surface area contributed by atoms with Crippen molar-refractivity contribution in [1.29, 1.82) is 0 Å². The molecule has 0 atom stereocenters. The van der Waals surface area contributed by atoms with Crippen LogP contribution in [0, 0.1) is 0 Å². The summed E-state index contributed by atoms with van der Waals surface area (Å²) in [7, 11) is 0. The molecule has 0 aliphatic rings. The second-order valence-corrected chi connectivity index (χ2v) is 4.50. The third-order valence-corrected chi connectivity index (χ3v) is 3.36. The lowest BCUT2D eigenvalue weighted by molar-refractivity contribution is 1.18. The van der Waals surface area contributed by atoms with Crippen molar-refractivity contribution in [3.8, 4) is 0 Å². The Balaban J connectivity index is 2.24. The van der Waals surface area contributed by atoms with E-state index >= 15 is 0 Å². The van der Waals surface area contributed by atoms with E-state index in [0.29, 0.717) is 10.7 Å². The zero-order valence-corrected chi connectivity index (χ0v) is 8.49. The summed E-state index contributed by atoms with van der Waals surface area (Å²) in [5.74, 6) is 0. The van der Waals surface area contributed by atoms with Gasteiger partial charge in [-0.3, -0.25) is 0 Å². The molecule has 0 amide bonds. The predicted octanol–water partition coefficient (Wildman–Crippen LogP) is 1.96. The number of nitrogen functional groups attached to an aromatic ring is 2. The van der Waals surface area contributed by atoms with Crippen molar-refractivity contribution in [3.63, 3.8) is 0 Å². The van der Waals surface area contributed by atoms with Crippen LogP contribution in [-0.4, -0.2) is 4.37 Å². The minimum atomic E-state index is 0.617. The summed E-state index contributed by atoms with van der Waals surface area (Å²) in [6.07, 6.45) is 0.789. The van der Waals surface area contributed by atoms with E-state index < -0.39 is 0 Å². The maximum absolute atomic E-state index is 5.75. The van der Waals surface area contributed by atoms with Crippen molar-refractivity contribution in [2.45, 2.75) is 6.42 Å². The highest BCUT2D eigenvalue weighted by atomic mass is 32.1. The van der Waals surface area contributed by atoms with Crippen molar-refractivity contribution in [2.24, 2.45) is 0 Å². The van der Waals surface area contributed by atoms with Gasteiger partial charge in [-0.05, 0) is 23.0 Å². The van der Waals surface area contributed by atoms with Crippen LogP contribution in [0.4, 0.5) is 10.7 Å². The van der Waals surface area contributed by atoms with Gasteiger partial charge in [0.15, 0.2) is 0 Å². The van der Waals surface area contributed by atoms with E-state index in [-0.39, 0.29) is 0 Å². The van der Waals surface area contributed by atoms with Crippen molar-refractivity contribution in [2.75, 3.05) is 11.5 Å². The first-order valence-corrected chi connectivity index (χ1v) is 5.44. The van der Waals surface area contributed by atoms with Gasteiger partial charge in [-0.2, -0.15) is 4.37 Å². The van der Waals surface area contributed by atoms with E-state index in [0.717, 1.165) is 12.1 Å². The number of hydrogen-bond acceptors (Lipinski definition) is 5. The van der Waals surface area contributed by atoms with Gasteiger partial charge in [-0.15, -0.1) is 11.3 Å². The van der Waals surface area contributed by atoms with E-state index in [9.17, 15) is 0 Å². The van der Waals surface area contributed by atoms with Crippen LogP contribution in [0.3, 0.4) is 0 Å². The molecule has 0 bridgehead atoms. The quantitative estimate of drug-likeness (QED) is 0.798. The average molecular weight is 211 g/mol. The highest BCUT2D eigenvalue weighted by Crippen LogP contribution is 2.26. The van der Waals surface area contributed by atoms with Crippen LogP contribution in [0.15, 0.2) is 17.5 Å². The Hall–Kier alpha value is -1.07. The monoisotopic (exact) mass is 211 g/mol. The lowest BCUT2D eigenvalue weighted by Gasteiger charge is -1.94. The molecule has 0 aromatic carbocycles. The SMILES string of the molecule is Nc1snc(Cc2cccs2)c1N. The predicted molar refractivity (Wildman–Crippen MR) is 58.1 cm³/mol. The number of hydrogen-bond donors (Lipinski definition) is 2. The zero-order chi connectivity index (χ0) is 9.26. The fourth-order valence-corrected chi connectivity index (χ4v) is 2.35. The molecule has 13 heavy (non-hydrogen) atoms. The highest BCUT2D eigenvalue weighted by Gasteiger charge is 2.08. The second-order valence-electron chi connectivity index (χ2n) is 2.66. The largest absolute Gasteiger partial charge is 0.395 e. The van der Waals surface area contributed by atoms with Gasteiger partial charge in [0.25, 0.3) is 0 Å². The summed E-state index contributed by atoms with van der Waals surface area (Å²) in [4.78, 5) is 1.26. The molecule has 3 nitrogen and oxygen atoms in total. The Labute approximate surface area is 84.2 Å². The lowest BCUT2D eigenvalue weighted by atomic mass is 10.2.